The Bertz CT molecular complexity index is 1120. The van der Waals surface area contributed by atoms with Gasteiger partial charge in [0.25, 0.3) is 5.69 Å². The van der Waals surface area contributed by atoms with Crippen LogP contribution in [0.15, 0.2) is 65.8 Å². The van der Waals surface area contributed by atoms with Gasteiger partial charge < -0.3 is 14.3 Å². The maximum atomic E-state index is 13.9. The molecule has 0 aromatic heterocycles. The van der Waals surface area contributed by atoms with Crippen LogP contribution in [0.25, 0.3) is 0 Å². The van der Waals surface area contributed by atoms with E-state index in [0.717, 1.165) is 9.13 Å². The molecule has 7 nitrogen and oxygen atoms in total. The molecule has 0 saturated carbocycles. The molecule has 0 bridgehead atoms. The maximum Gasteiger partial charge on any atom is 0.269 e. The first-order chi connectivity index (χ1) is 15.5. The molecule has 166 valence electrons. The van der Waals surface area contributed by atoms with E-state index in [4.69, 9.17) is 14.3 Å². The smallest absolute Gasteiger partial charge is 0.269 e. The summed E-state index contributed by atoms with van der Waals surface area (Å²) in [5.74, 6) is 0.700. The fraction of sp³-hybridized carbons (Fsp3) is 0.174. The minimum atomic E-state index is -0.459. The number of nitrogens with zero attached hydrogens (tertiary/aromatic N) is 2. The molecule has 0 fully saturated rings. The first kappa shape index (κ1) is 23.5. The van der Waals surface area contributed by atoms with Gasteiger partial charge in [-0.3, -0.25) is 10.1 Å². The molecule has 3 rings (SSSR count). The Hall–Kier alpha value is -3.21. The van der Waals surface area contributed by atoms with Gasteiger partial charge >= 0.3 is 0 Å². The quantitative estimate of drug-likeness (QED) is 0.137. The van der Waals surface area contributed by atoms with E-state index in [1.54, 1.807) is 36.4 Å². The van der Waals surface area contributed by atoms with E-state index in [1.807, 2.05) is 13.0 Å². The zero-order valence-electron chi connectivity index (χ0n) is 17.2. The van der Waals surface area contributed by atoms with Crippen molar-refractivity contribution in [1.82, 2.24) is 0 Å². The molecule has 32 heavy (non-hydrogen) atoms. The summed E-state index contributed by atoms with van der Waals surface area (Å²) in [6.45, 7) is 2.45. The van der Waals surface area contributed by atoms with Crippen LogP contribution in [0.4, 0.5) is 10.1 Å². The fourth-order valence-corrected chi connectivity index (χ4v) is 3.58. The lowest BCUT2D eigenvalue weighted by molar-refractivity contribution is -0.384. The molecule has 0 heterocycles. The Morgan fingerprint density at radius 2 is 1.91 bits per heavy atom. The van der Waals surface area contributed by atoms with Gasteiger partial charge in [-0.15, -0.1) is 0 Å². The van der Waals surface area contributed by atoms with E-state index in [1.165, 1.54) is 24.4 Å². The molecule has 0 aliphatic rings. The molecule has 0 atom stereocenters. The summed E-state index contributed by atoms with van der Waals surface area (Å²) in [5, 5.41) is 14.8. The molecule has 9 heteroatoms. The lowest BCUT2D eigenvalue weighted by Gasteiger charge is -2.15. The lowest BCUT2D eigenvalue weighted by Crippen LogP contribution is -2.03. The van der Waals surface area contributed by atoms with Crippen LogP contribution in [0.3, 0.4) is 0 Å². The Balaban J connectivity index is 1.68. The largest absolute Gasteiger partial charge is 0.490 e. The zero-order chi connectivity index (χ0) is 22.9. The van der Waals surface area contributed by atoms with E-state index in [2.05, 4.69) is 27.7 Å². The highest BCUT2D eigenvalue weighted by molar-refractivity contribution is 14.1. The van der Waals surface area contributed by atoms with Crippen LogP contribution in [0, 0.1) is 19.5 Å². The van der Waals surface area contributed by atoms with Crippen molar-refractivity contribution < 1.29 is 23.6 Å². The lowest BCUT2D eigenvalue weighted by atomic mass is 10.2. The highest BCUT2D eigenvalue weighted by Gasteiger charge is 2.13. The van der Waals surface area contributed by atoms with Gasteiger partial charge in [0.05, 0.1) is 21.3 Å². The topological polar surface area (TPSA) is 83.2 Å². The third-order valence-corrected chi connectivity index (χ3v) is 5.09. The van der Waals surface area contributed by atoms with Crippen molar-refractivity contribution in [2.75, 3.05) is 6.61 Å². The van der Waals surface area contributed by atoms with Crippen LogP contribution < -0.4 is 9.47 Å². The van der Waals surface area contributed by atoms with Gasteiger partial charge in [0.1, 0.15) is 19.0 Å². The molecule has 3 aromatic carbocycles. The third-order valence-electron chi connectivity index (χ3n) is 4.29. The number of nitro benzene ring substituents is 1. The molecule has 0 N–H and O–H groups in total. The summed E-state index contributed by atoms with van der Waals surface area (Å²) >= 11 is 2.12. The molecular formula is C23H20FIN2O5. The zero-order valence-corrected chi connectivity index (χ0v) is 19.3. The van der Waals surface area contributed by atoms with E-state index in [0.29, 0.717) is 29.2 Å². The maximum absolute atomic E-state index is 13.9. The van der Waals surface area contributed by atoms with Gasteiger partial charge in [-0.2, -0.15) is 0 Å². The van der Waals surface area contributed by atoms with Crippen molar-refractivity contribution in [3.8, 4) is 11.5 Å². The van der Waals surface area contributed by atoms with Gasteiger partial charge in [-0.05, 0) is 53.3 Å². The van der Waals surface area contributed by atoms with Crippen LogP contribution >= 0.6 is 22.6 Å². The van der Waals surface area contributed by atoms with Crippen LogP contribution in [0.1, 0.15) is 23.6 Å². The van der Waals surface area contributed by atoms with Crippen molar-refractivity contribution in [1.29, 1.82) is 0 Å². The van der Waals surface area contributed by atoms with Gasteiger partial charge in [-0.25, -0.2) is 4.39 Å². The van der Waals surface area contributed by atoms with Crippen LogP contribution in [-0.4, -0.2) is 17.7 Å². The van der Waals surface area contributed by atoms with Crippen LogP contribution in [-0.2, 0) is 18.1 Å². The van der Waals surface area contributed by atoms with Crippen molar-refractivity contribution in [3.63, 3.8) is 0 Å². The summed E-state index contributed by atoms with van der Waals surface area (Å²) in [6.07, 6.45) is 1.52. The molecule has 0 saturated heterocycles. The number of oxime groups is 1. The Morgan fingerprint density at radius 3 is 2.66 bits per heavy atom. The van der Waals surface area contributed by atoms with E-state index < -0.39 is 4.92 Å². The second kappa shape index (κ2) is 11.4. The van der Waals surface area contributed by atoms with Crippen molar-refractivity contribution in [2.45, 2.75) is 20.1 Å². The molecule has 0 unspecified atom stereocenters. The first-order valence-corrected chi connectivity index (χ1v) is 10.8. The SMILES string of the molecule is CCOc1cc(/C=N\OCc2cccc([N+](=O)[O-])c2)cc(I)c1OCc1ccccc1F. The minimum absolute atomic E-state index is 0.00281. The molecule has 0 spiro atoms. The molecule has 0 aliphatic heterocycles. The Kier molecular flexibility index (Phi) is 8.37. The number of hydrogen-bond donors (Lipinski definition) is 0. The van der Waals surface area contributed by atoms with Crippen LogP contribution in [0.2, 0.25) is 0 Å². The summed E-state index contributed by atoms with van der Waals surface area (Å²) in [6, 6.07) is 16.2. The molecule has 3 aromatic rings. The van der Waals surface area contributed by atoms with Crippen molar-refractivity contribution >= 4 is 34.5 Å². The fourth-order valence-electron chi connectivity index (χ4n) is 2.80. The van der Waals surface area contributed by atoms with Gasteiger partial charge in [0, 0.05) is 23.3 Å². The highest BCUT2D eigenvalue weighted by atomic mass is 127. The van der Waals surface area contributed by atoms with E-state index in [9.17, 15) is 14.5 Å². The highest BCUT2D eigenvalue weighted by Crippen LogP contribution is 2.34. The van der Waals surface area contributed by atoms with Gasteiger partial charge in [0.15, 0.2) is 11.5 Å². The minimum Gasteiger partial charge on any atom is -0.490 e. The third kappa shape index (κ3) is 6.39. The monoisotopic (exact) mass is 550 g/mol. The Morgan fingerprint density at radius 1 is 1.09 bits per heavy atom. The van der Waals surface area contributed by atoms with E-state index >= 15 is 0 Å². The number of hydrogen-bond acceptors (Lipinski definition) is 6. The van der Waals surface area contributed by atoms with Gasteiger partial charge in [-0.1, -0.05) is 35.5 Å². The average Bonchev–Trinajstić information content (AvgIpc) is 2.77. The number of non-ortho nitro benzene ring substituents is 1. The standard InChI is InChI=1S/C23H20FIN2O5/c1-2-30-22-12-17(13-26-32-14-16-6-5-8-19(10-16)27(28)29)11-21(25)23(22)31-15-18-7-3-4-9-20(18)24/h3-13H,2,14-15H2,1H3/b26-13-. The van der Waals surface area contributed by atoms with Gasteiger partial charge in [0.2, 0.25) is 0 Å². The van der Waals surface area contributed by atoms with Crippen molar-refractivity contribution in [2.24, 2.45) is 5.16 Å². The number of rotatable bonds is 10. The number of ether oxygens (including phenoxy) is 2. The molecule has 0 radical (unpaired) electrons. The molecule has 0 amide bonds. The van der Waals surface area contributed by atoms with Crippen molar-refractivity contribution in [3.05, 3.63) is 96.9 Å². The van der Waals surface area contributed by atoms with E-state index in [-0.39, 0.29) is 24.7 Å². The predicted molar refractivity (Wildman–Crippen MR) is 127 cm³/mol. The summed E-state index contributed by atoms with van der Waals surface area (Å²) in [7, 11) is 0. The second-order valence-electron chi connectivity index (χ2n) is 6.58. The Labute approximate surface area is 198 Å². The molecular weight excluding hydrogens is 530 g/mol. The number of halogens is 2. The molecule has 0 aliphatic carbocycles. The van der Waals surface area contributed by atoms with Crippen LogP contribution in [0.5, 0.6) is 11.5 Å². The second-order valence-corrected chi connectivity index (χ2v) is 7.74. The summed E-state index contributed by atoms with van der Waals surface area (Å²) in [5.41, 5.74) is 1.80. The first-order valence-electron chi connectivity index (χ1n) is 9.69. The summed E-state index contributed by atoms with van der Waals surface area (Å²) in [4.78, 5) is 15.7. The average molecular weight is 550 g/mol. The predicted octanol–water partition coefficient (Wildman–Crippen LogP) is 5.87. The normalized spacial score (nSPS) is 10.8. The summed E-state index contributed by atoms with van der Waals surface area (Å²) < 4.78 is 26.2. The number of nitro groups is 1. The number of benzene rings is 3.